The molecule has 0 atom stereocenters. The van der Waals surface area contributed by atoms with Gasteiger partial charge in [-0.3, -0.25) is 4.98 Å². The average molecular weight is 228 g/mol. The van der Waals surface area contributed by atoms with Crippen molar-refractivity contribution in [1.82, 2.24) is 4.98 Å². The Balaban J connectivity index is 2.24. The highest BCUT2D eigenvalue weighted by atomic mass is 16.3. The van der Waals surface area contributed by atoms with Crippen molar-refractivity contribution in [3.05, 3.63) is 53.9 Å². The van der Waals surface area contributed by atoms with Gasteiger partial charge in [0.05, 0.1) is 18.5 Å². The molecule has 0 aliphatic rings. The van der Waals surface area contributed by atoms with Crippen molar-refractivity contribution in [2.24, 2.45) is 0 Å². The van der Waals surface area contributed by atoms with Crippen molar-refractivity contribution < 1.29 is 5.11 Å². The largest absolute Gasteiger partial charge is 0.392 e. The van der Waals surface area contributed by atoms with E-state index >= 15 is 0 Å². The molecular weight excluding hydrogens is 212 g/mol. The van der Waals surface area contributed by atoms with E-state index in [1.54, 1.807) is 6.20 Å². The first-order chi connectivity index (χ1) is 8.33. The maximum atomic E-state index is 9.24. The fourth-order valence-corrected chi connectivity index (χ4v) is 1.68. The summed E-state index contributed by atoms with van der Waals surface area (Å²) >= 11 is 0. The summed E-state index contributed by atoms with van der Waals surface area (Å²) in [5, 5.41) is 12.5. The number of nitrogens with zero attached hydrogens (tertiary/aromatic N) is 1. The topological polar surface area (TPSA) is 45.2 Å². The van der Waals surface area contributed by atoms with Crippen LogP contribution in [-0.2, 0) is 13.0 Å². The molecule has 0 saturated heterocycles. The predicted molar refractivity (Wildman–Crippen MR) is 69.3 cm³/mol. The van der Waals surface area contributed by atoms with E-state index in [9.17, 15) is 5.11 Å². The summed E-state index contributed by atoms with van der Waals surface area (Å²) in [5.74, 6) is 0. The molecule has 2 N–H and O–H groups in total. The van der Waals surface area contributed by atoms with Gasteiger partial charge in [0.1, 0.15) is 0 Å². The number of nitrogens with one attached hydrogen (secondary N) is 1. The highest BCUT2D eigenvalue weighted by Gasteiger charge is 2.01. The number of para-hydroxylation sites is 1. The zero-order valence-corrected chi connectivity index (χ0v) is 9.85. The molecule has 0 saturated carbocycles. The minimum Gasteiger partial charge on any atom is -0.392 e. The Labute approximate surface area is 101 Å². The molecule has 0 fully saturated rings. The first-order valence-electron chi connectivity index (χ1n) is 5.73. The van der Waals surface area contributed by atoms with Gasteiger partial charge in [-0.05, 0) is 24.1 Å². The van der Waals surface area contributed by atoms with Crippen molar-refractivity contribution in [2.45, 2.75) is 20.0 Å². The van der Waals surface area contributed by atoms with Gasteiger partial charge in [0.25, 0.3) is 0 Å². The molecule has 3 nitrogen and oxygen atoms in total. The Morgan fingerprint density at radius 2 is 2.06 bits per heavy atom. The quantitative estimate of drug-likeness (QED) is 0.845. The summed E-state index contributed by atoms with van der Waals surface area (Å²) < 4.78 is 0. The molecule has 0 amide bonds. The monoisotopic (exact) mass is 228 g/mol. The van der Waals surface area contributed by atoms with E-state index in [0.717, 1.165) is 23.4 Å². The van der Waals surface area contributed by atoms with Crippen LogP contribution in [0.5, 0.6) is 0 Å². The van der Waals surface area contributed by atoms with Crippen LogP contribution in [0.2, 0.25) is 0 Å². The molecule has 2 aromatic rings. The number of aliphatic hydroxyl groups is 1. The van der Waals surface area contributed by atoms with Gasteiger partial charge in [-0.15, -0.1) is 0 Å². The van der Waals surface area contributed by atoms with Crippen molar-refractivity contribution in [3.8, 4) is 0 Å². The zero-order valence-electron chi connectivity index (χ0n) is 9.85. The highest BCUT2D eigenvalue weighted by molar-refractivity contribution is 5.62. The molecule has 1 aromatic heterocycles. The Morgan fingerprint density at radius 1 is 1.24 bits per heavy atom. The van der Waals surface area contributed by atoms with Crippen LogP contribution in [0.4, 0.5) is 11.4 Å². The smallest absolute Gasteiger partial charge is 0.0702 e. The van der Waals surface area contributed by atoms with E-state index < -0.39 is 0 Å². The van der Waals surface area contributed by atoms with E-state index in [2.05, 4.69) is 23.3 Å². The molecule has 0 radical (unpaired) electrons. The first kappa shape index (κ1) is 11.6. The Kier molecular flexibility index (Phi) is 3.73. The van der Waals surface area contributed by atoms with Gasteiger partial charge in [-0.1, -0.05) is 25.1 Å². The number of hydrogen-bond acceptors (Lipinski definition) is 3. The van der Waals surface area contributed by atoms with Gasteiger partial charge < -0.3 is 10.4 Å². The fraction of sp³-hybridized carbons (Fsp3) is 0.214. The van der Waals surface area contributed by atoms with E-state index in [-0.39, 0.29) is 6.61 Å². The predicted octanol–water partition coefficient (Wildman–Crippen LogP) is 2.88. The van der Waals surface area contributed by atoms with Crippen LogP contribution < -0.4 is 5.32 Å². The molecule has 1 aromatic carbocycles. The summed E-state index contributed by atoms with van der Waals surface area (Å²) in [5.41, 5.74) is 3.95. The Hall–Kier alpha value is -1.87. The standard InChI is InChI=1S/C14H16N2O/c1-2-11-7-13(9-15-8-11)16-14-6-4-3-5-12(14)10-17/h3-9,16-17H,2,10H2,1H3. The van der Waals surface area contributed by atoms with Crippen LogP contribution in [0.25, 0.3) is 0 Å². The second-order valence-electron chi connectivity index (χ2n) is 3.88. The number of anilines is 2. The lowest BCUT2D eigenvalue weighted by atomic mass is 10.1. The van der Waals surface area contributed by atoms with Gasteiger partial charge >= 0.3 is 0 Å². The van der Waals surface area contributed by atoms with Gasteiger partial charge in [-0.25, -0.2) is 0 Å². The van der Waals surface area contributed by atoms with Gasteiger partial charge in [-0.2, -0.15) is 0 Å². The summed E-state index contributed by atoms with van der Waals surface area (Å²) in [6, 6.07) is 9.78. The number of rotatable bonds is 4. The van der Waals surface area contributed by atoms with Crippen LogP contribution in [0.15, 0.2) is 42.7 Å². The summed E-state index contributed by atoms with van der Waals surface area (Å²) in [7, 11) is 0. The summed E-state index contributed by atoms with van der Waals surface area (Å²) in [4.78, 5) is 4.18. The average Bonchev–Trinajstić information content (AvgIpc) is 2.39. The van der Waals surface area contributed by atoms with Crippen LogP contribution in [0.3, 0.4) is 0 Å². The van der Waals surface area contributed by atoms with Crippen LogP contribution >= 0.6 is 0 Å². The van der Waals surface area contributed by atoms with E-state index in [1.807, 2.05) is 30.5 Å². The molecule has 0 spiro atoms. The van der Waals surface area contributed by atoms with Crippen LogP contribution in [0.1, 0.15) is 18.1 Å². The lowest BCUT2D eigenvalue weighted by Gasteiger charge is -2.10. The van der Waals surface area contributed by atoms with Gasteiger partial charge in [0.15, 0.2) is 0 Å². The minimum absolute atomic E-state index is 0.0318. The normalized spacial score (nSPS) is 10.2. The maximum absolute atomic E-state index is 9.24. The first-order valence-corrected chi connectivity index (χ1v) is 5.73. The molecule has 0 unspecified atom stereocenters. The molecule has 1 heterocycles. The van der Waals surface area contributed by atoms with Crippen molar-refractivity contribution >= 4 is 11.4 Å². The number of aromatic nitrogens is 1. The molecule has 2 rings (SSSR count). The third-order valence-electron chi connectivity index (χ3n) is 2.67. The van der Waals surface area contributed by atoms with Crippen LogP contribution in [0, 0.1) is 0 Å². The van der Waals surface area contributed by atoms with Gasteiger partial charge in [0.2, 0.25) is 0 Å². The molecule has 88 valence electrons. The Morgan fingerprint density at radius 3 is 2.82 bits per heavy atom. The lowest BCUT2D eigenvalue weighted by molar-refractivity contribution is 0.282. The summed E-state index contributed by atoms with van der Waals surface area (Å²) in [6.45, 7) is 2.13. The lowest BCUT2D eigenvalue weighted by Crippen LogP contribution is -1.97. The van der Waals surface area contributed by atoms with Crippen molar-refractivity contribution in [3.63, 3.8) is 0 Å². The van der Waals surface area contributed by atoms with E-state index in [4.69, 9.17) is 0 Å². The van der Waals surface area contributed by atoms with Gasteiger partial charge in [0, 0.05) is 17.4 Å². The summed E-state index contributed by atoms with van der Waals surface area (Å²) in [6.07, 6.45) is 4.61. The zero-order chi connectivity index (χ0) is 12.1. The molecule has 3 heteroatoms. The Bertz CT molecular complexity index is 497. The second kappa shape index (κ2) is 5.46. The number of hydrogen-bond donors (Lipinski definition) is 2. The number of aryl methyl sites for hydroxylation is 1. The molecule has 0 aliphatic carbocycles. The third-order valence-corrected chi connectivity index (χ3v) is 2.67. The fourth-order valence-electron chi connectivity index (χ4n) is 1.68. The minimum atomic E-state index is 0.0318. The SMILES string of the molecule is CCc1cncc(Nc2ccccc2CO)c1. The third kappa shape index (κ3) is 2.82. The van der Waals surface area contributed by atoms with Crippen molar-refractivity contribution in [1.29, 1.82) is 0 Å². The maximum Gasteiger partial charge on any atom is 0.0702 e. The molecule has 17 heavy (non-hydrogen) atoms. The highest BCUT2D eigenvalue weighted by Crippen LogP contribution is 2.20. The molecule has 0 bridgehead atoms. The van der Waals surface area contributed by atoms with Crippen LogP contribution in [-0.4, -0.2) is 10.1 Å². The van der Waals surface area contributed by atoms with E-state index in [0.29, 0.717) is 0 Å². The number of benzene rings is 1. The van der Waals surface area contributed by atoms with Crippen molar-refractivity contribution in [2.75, 3.05) is 5.32 Å². The number of aliphatic hydroxyl groups excluding tert-OH is 1. The second-order valence-corrected chi connectivity index (χ2v) is 3.88. The molecular formula is C14H16N2O. The van der Waals surface area contributed by atoms with E-state index in [1.165, 1.54) is 5.56 Å². The molecule has 0 aliphatic heterocycles. The number of pyridine rings is 1.